The zero-order valence-corrected chi connectivity index (χ0v) is 17.8. The number of aromatic nitrogens is 2. The number of ether oxygens (including phenoxy) is 2. The first kappa shape index (κ1) is 19.8. The molecule has 0 radical (unpaired) electrons. The molecule has 156 valence electrons. The highest BCUT2D eigenvalue weighted by Crippen LogP contribution is 2.40. The predicted molar refractivity (Wildman–Crippen MR) is 113 cm³/mol. The lowest BCUT2D eigenvalue weighted by atomic mass is 10.1. The molecular weight excluding hydrogens is 366 g/mol. The van der Waals surface area contributed by atoms with Crippen LogP contribution in [0.25, 0.3) is 0 Å². The van der Waals surface area contributed by atoms with Gasteiger partial charge in [-0.1, -0.05) is 0 Å². The molecule has 2 aliphatic carbocycles. The van der Waals surface area contributed by atoms with Gasteiger partial charge in [-0.25, -0.2) is 0 Å². The first-order valence-electron chi connectivity index (χ1n) is 10.6. The average molecular weight is 398 g/mol. The van der Waals surface area contributed by atoms with E-state index >= 15 is 0 Å². The van der Waals surface area contributed by atoms with E-state index in [0.29, 0.717) is 28.8 Å². The first-order chi connectivity index (χ1) is 13.8. The quantitative estimate of drug-likeness (QED) is 0.737. The van der Waals surface area contributed by atoms with Gasteiger partial charge in [0.25, 0.3) is 5.91 Å². The summed E-state index contributed by atoms with van der Waals surface area (Å²) in [6.07, 6.45) is 7.06. The van der Waals surface area contributed by atoms with Crippen molar-refractivity contribution in [3.63, 3.8) is 0 Å². The molecule has 0 aliphatic heterocycles. The fraction of sp³-hybridized carbons (Fsp3) is 0.565. The van der Waals surface area contributed by atoms with Gasteiger partial charge in [0.05, 0.1) is 24.4 Å². The number of benzene rings is 1. The lowest BCUT2D eigenvalue weighted by molar-refractivity contribution is 0.100. The van der Waals surface area contributed by atoms with Crippen molar-refractivity contribution in [2.75, 3.05) is 12.4 Å². The van der Waals surface area contributed by atoms with Gasteiger partial charge in [-0.15, -0.1) is 0 Å². The molecule has 0 spiro atoms. The summed E-state index contributed by atoms with van der Waals surface area (Å²) in [6.45, 7) is 6.19. The maximum Gasteiger partial charge on any atom is 0.273 e. The van der Waals surface area contributed by atoms with E-state index in [1.54, 1.807) is 7.11 Å². The third kappa shape index (κ3) is 4.41. The number of amides is 1. The Morgan fingerprint density at radius 1 is 1.10 bits per heavy atom. The molecule has 2 aliphatic rings. The Kier molecular flexibility index (Phi) is 5.28. The van der Waals surface area contributed by atoms with Gasteiger partial charge >= 0.3 is 0 Å². The van der Waals surface area contributed by atoms with Gasteiger partial charge in [0.15, 0.2) is 11.5 Å². The average Bonchev–Trinajstić information content (AvgIpc) is 3.20. The number of hydrogen-bond acceptors (Lipinski definition) is 4. The summed E-state index contributed by atoms with van der Waals surface area (Å²) in [7, 11) is 1.64. The molecule has 29 heavy (non-hydrogen) atoms. The fourth-order valence-corrected chi connectivity index (χ4v) is 3.88. The number of methoxy groups -OCH3 is 1. The van der Waals surface area contributed by atoms with E-state index in [1.165, 1.54) is 12.8 Å². The van der Waals surface area contributed by atoms with Gasteiger partial charge in [-0.2, -0.15) is 5.10 Å². The minimum Gasteiger partial charge on any atom is -0.493 e. The molecule has 1 N–H and O–H groups in total. The van der Waals surface area contributed by atoms with Gasteiger partial charge in [0.1, 0.15) is 5.69 Å². The number of carbonyl (C=O) groups excluding carboxylic acids is 1. The van der Waals surface area contributed by atoms with Crippen LogP contribution in [0.2, 0.25) is 0 Å². The summed E-state index contributed by atoms with van der Waals surface area (Å²) >= 11 is 0. The Hall–Kier alpha value is -2.50. The van der Waals surface area contributed by atoms with Crippen LogP contribution in [0.15, 0.2) is 24.3 Å². The number of rotatable bonds is 6. The Bertz CT molecular complexity index is 887. The van der Waals surface area contributed by atoms with E-state index in [1.807, 2.05) is 28.9 Å². The van der Waals surface area contributed by atoms with Crippen molar-refractivity contribution in [2.24, 2.45) is 0 Å². The monoisotopic (exact) mass is 397 g/mol. The largest absolute Gasteiger partial charge is 0.493 e. The minimum atomic E-state index is -0.267. The highest BCUT2D eigenvalue weighted by Gasteiger charge is 2.31. The Labute approximate surface area is 172 Å². The number of anilines is 1. The van der Waals surface area contributed by atoms with E-state index in [2.05, 4.69) is 26.1 Å². The second-order valence-corrected chi connectivity index (χ2v) is 9.16. The maximum absolute atomic E-state index is 13.1. The van der Waals surface area contributed by atoms with Crippen molar-refractivity contribution in [1.29, 1.82) is 0 Å². The molecule has 2 aromatic rings. The standard InChI is InChI=1S/C23H31N3O3/c1-23(2,3)26-19(14-18(25-26)15-9-10-15)22(27)24-16-11-12-20(28-4)21(13-16)29-17-7-5-6-8-17/h11-15,17H,5-10H2,1-4H3,(H,24,27). The van der Waals surface area contributed by atoms with Crippen LogP contribution < -0.4 is 14.8 Å². The third-order valence-corrected chi connectivity index (χ3v) is 5.61. The Morgan fingerprint density at radius 3 is 2.45 bits per heavy atom. The van der Waals surface area contributed by atoms with E-state index in [0.717, 1.165) is 31.4 Å². The number of nitrogens with zero attached hydrogens (tertiary/aromatic N) is 2. The summed E-state index contributed by atoms with van der Waals surface area (Å²) in [6, 6.07) is 7.49. The lowest BCUT2D eigenvalue weighted by Crippen LogP contribution is -2.29. The van der Waals surface area contributed by atoms with Gasteiger partial charge in [-0.3, -0.25) is 9.48 Å². The number of nitrogens with one attached hydrogen (secondary N) is 1. The molecular formula is C23H31N3O3. The van der Waals surface area contributed by atoms with E-state index in [9.17, 15) is 4.79 Å². The van der Waals surface area contributed by atoms with Gasteiger partial charge in [0, 0.05) is 17.7 Å². The van der Waals surface area contributed by atoms with E-state index < -0.39 is 0 Å². The first-order valence-corrected chi connectivity index (χ1v) is 10.6. The van der Waals surface area contributed by atoms with Crippen LogP contribution in [0.4, 0.5) is 5.69 Å². The predicted octanol–water partition coefficient (Wildman–Crippen LogP) is 5.10. The topological polar surface area (TPSA) is 65.4 Å². The molecule has 1 aromatic carbocycles. The van der Waals surface area contributed by atoms with Crippen LogP contribution >= 0.6 is 0 Å². The second-order valence-electron chi connectivity index (χ2n) is 9.16. The van der Waals surface area contributed by atoms with E-state index in [-0.39, 0.29) is 17.6 Å². The molecule has 1 heterocycles. The molecule has 1 amide bonds. The van der Waals surface area contributed by atoms with E-state index in [4.69, 9.17) is 14.6 Å². The minimum absolute atomic E-state index is 0.156. The molecule has 0 bridgehead atoms. The summed E-state index contributed by atoms with van der Waals surface area (Å²) in [5, 5.41) is 7.76. The van der Waals surface area contributed by atoms with Crippen molar-refractivity contribution in [2.45, 2.75) is 76.9 Å². The molecule has 6 nitrogen and oxygen atoms in total. The SMILES string of the molecule is COc1ccc(NC(=O)c2cc(C3CC3)nn2C(C)(C)C)cc1OC1CCCC1. The molecule has 6 heteroatoms. The zero-order chi connectivity index (χ0) is 20.6. The summed E-state index contributed by atoms with van der Waals surface area (Å²) in [5.41, 5.74) is 2.04. The van der Waals surface area contributed by atoms with Gasteiger partial charge in [0.2, 0.25) is 0 Å². The molecule has 0 unspecified atom stereocenters. The van der Waals surface area contributed by atoms with Crippen molar-refractivity contribution < 1.29 is 14.3 Å². The summed E-state index contributed by atoms with van der Waals surface area (Å²) in [4.78, 5) is 13.1. The Balaban J connectivity index is 1.56. The molecule has 2 fully saturated rings. The van der Waals surface area contributed by atoms with Crippen LogP contribution in [-0.2, 0) is 5.54 Å². The molecule has 4 rings (SSSR count). The summed E-state index contributed by atoms with van der Waals surface area (Å²) < 4.78 is 13.4. The van der Waals surface area contributed by atoms with Crippen LogP contribution in [0.1, 0.15) is 81.4 Å². The van der Waals surface area contributed by atoms with Crippen LogP contribution in [-0.4, -0.2) is 28.9 Å². The van der Waals surface area contributed by atoms with Crippen molar-refractivity contribution in [1.82, 2.24) is 9.78 Å². The van der Waals surface area contributed by atoms with Crippen molar-refractivity contribution in [3.8, 4) is 11.5 Å². The zero-order valence-electron chi connectivity index (χ0n) is 17.8. The molecule has 0 saturated heterocycles. The highest BCUT2D eigenvalue weighted by atomic mass is 16.5. The lowest BCUT2D eigenvalue weighted by Gasteiger charge is -2.22. The van der Waals surface area contributed by atoms with Crippen LogP contribution in [0.5, 0.6) is 11.5 Å². The fourth-order valence-electron chi connectivity index (χ4n) is 3.88. The van der Waals surface area contributed by atoms with Crippen LogP contribution in [0.3, 0.4) is 0 Å². The van der Waals surface area contributed by atoms with Gasteiger partial charge < -0.3 is 14.8 Å². The smallest absolute Gasteiger partial charge is 0.273 e. The summed E-state index contributed by atoms with van der Waals surface area (Å²) in [5.74, 6) is 1.71. The number of carbonyl (C=O) groups is 1. The van der Waals surface area contributed by atoms with Crippen LogP contribution in [0, 0.1) is 0 Å². The van der Waals surface area contributed by atoms with Gasteiger partial charge in [-0.05, 0) is 77.5 Å². The van der Waals surface area contributed by atoms with Crippen molar-refractivity contribution in [3.05, 3.63) is 35.7 Å². The highest BCUT2D eigenvalue weighted by molar-refractivity contribution is 6.03. The van der Waals surface area contributed by atoms with Crippen molar-refractivity contribution >= 4 is 11.6 Å². The third-order valence-electron chi connectivity index (χ3n) is 5.61. The number of hydrogen-bond donors (Lipinski definition) is 1. The molecule has 2 saturated carbocycles. The molecule has 1 aromatic heterocycles. The Morgan fingerprint density at radius 2 is 1.83 bits per heavy atom. The maximum atomic E-state index is 13.1. The molecule has 0 atom stereocenters. The normalized spacial score (nSPS) is 17.4. The second kappa shape index (κ2) is 7.73.